The zero-order valence-electron chi connectivity index (χ0n) is 16.1. The van der Waals surface area contributed by atoms with Gasteiger partial charge in [0, 0.05) is 22.3 Å². The molecule has 152 valence electrons. The lowest BCUT2D eigenvalue weighted by molar-refractivity contribution is 0.102. The summed E-state index contributed by atoms with van der Waals surface area (Å²) < 4.78 is 5.09. The Morgan fingerprint density at radius 3 is 2.13 bits per heavy atom. The molecule has 0 spiro atoms. The van der Waals surface area contributed by atoms with E-state index in [9.17, 15) is 9.59 Å². The Labute approximate surface area is 172 Å². The van der Waals surface area contributed by atoms with Gasteiger partial charge in [-0.25, -0.2) is 0 Å². The average molecular weight is 404 g/mol. The molecule has 0 heterocycles. The summed E-state index contributed by atoms with van der Waals surface area (Å²) in [5, 5.41) is 14.4. The van der Waals surface area contributed by atoms with Gasteiger partial charge in [-0.2, -0.15) is 0 Å². The monoisotopic (exact) mass is 404 g/mol. The van der Waals surface area contributed by atoms with Gasteiger partial charge in [0.15, 0.2) is 11.6 Å². The van der Waals surface area contributed by atoms with Gasteiger partial charge in [0.1, 0.15) is 5.75 Å². The molecule has 0 unspecified atom stereocenters. The standard InChI is InChI=1S/C22H20N4O4/c1-30-16-11-9-15(10-12-16)22(28)25-19-17(3-2-4-18(19)23)20(27)13-5-7-14(8-6-13)21(24)26-29/h2-12,29H,23H2,1H3,(H2,24,26)(H,25,28). The predicted octanol–water partition coefficient (Wildman–Crippen LogP) is 2.86. The third kappa shape index (κ3) is 4.22. The van der Waals surface area contributed by atoms with Gasteiger partial charge in [-0.15, -0.1) is 0 Å². The van der Waals surface area contributed by atoms with Crippen LogP contribution in [0.4, 0.5) is 11.4 Å². The Bertz CT molecular complexity index is 1110. The number of para-hydroxylation sites is 1. The first-order valence-corrected chi connectivity index (χ1v) is 8.91. The van der Waals surface area contributed by atoms with E-state index >= 15 is 0 Å². The zero-order chi connectivity index (χ0) is 21.7. The number of amidine groups is 1. The molecule has 0 aliphatic rings. The van der Waals surface area contributed by atoms with E-state index < -0.39 is 5.91 Å². The summed E-state index contributed by atoms with van der Waals surface area (Å²) in [5.74, 6) is -0.187. The summed E-state index contributed by atoms with van der Waals surface area (Å²) in [7, 11) is 1.54. The third-order valence-corrected chi connectivity index (χ3v) is 4.48. The fraction of sp³-hybridized carbons (Fsp3) is 0.0455. The second kappa shape index (κ2) is 8.78. The van der Waals surface area contributed by atoms with Crippen molar-refractivity contribution in [2.24, 2.45) is 10.9 Å². The minimum atomic E-state index is -0.410. The van der Waals surface area contributed by atoms with Gasteiger partial charge < -0.3 is 26.7 Å². The second-order valence-corrected chi connectivity index (χ2v) is 6.34. The van der Waals surface area contributed by atoms with Crippen LogP contribution in [0, 0.1) is 0 Å². The van der Waals surface area contributed by atoms with Crippen molar-refractivity contribution in [1.82, 2.24) is 0 Å². The minimum Gasteiger partial charge on any atom is -0.497 e. The van der Waals surface area contributed by atoms with Crippen LogP contribution in [0.5, 0.6) is 5.75 Å². The van der Waals surface area contributed by atoms with Gasteiger partial charge in [-0.05, 0) is 36.4 Å². The maximum absolute atomic E-state index is 13.0. The van der Waals surface area contributed by atoms with E-state index in [2.05, 4.69) is 10.5 Å². The van der Waals surface area contributed by atoms with Crippen LogP contribution in [0.15, 0.2) is 71.9 Å². The van der Waals surface area contributed by atoms with E-state index in [-0.39, 0.29) is 28.6 Å². The number of nitrogens with two attached hydrogens (primary N) is 2. The molecular weight excluding hydrogens is 384 g/mol. The van der Waals surface area contributed by atoms with Crippen LogP contribution in [0.2, 0.25) is 0 Å². The number of hydrogen-bond acceptors (Lipinski definition) is 6. The maximum atomic E-state index is 13.0. The van der Waals surface area contributed by atoms with Crippen molar-refractivity contribution in [1.29, 1.82) is 0 Å². The fourth-order valence-corrected chi connectivity index (χ4v) is 2.83. The summed E-state index contributed by atoms with van der Waals surface area (Å²) in [6.07, 6.45) is 0. The molecule has 3 aromatic rings. The molecule has 1 amide bonds. The highest BCUT2D eigenvalue weighted by Gasteiger charge is 2.18. The van der Waals surface area contributed by atoms with Crippen LogP contribution in [0.3, 0.4) is 0 Å². The Kier molecular flexibility index (Phi) is 5.97. The van der Waals surface area contributed by atoms with Crippen LogP contribution in [0.1, 0.15) is 31.8 Å². The first kappa shape index (κ1) is 20.4. The molecule has 8 nitrogen and oxygen atoms in total. The minimum absolute atomic E-state index is 0.0644. The Morgan fingerprint density at radius 1 is 0.933 bits per heavy atom. The first-order chi connectivity index (χ1) is 14.4. The number of methoxy groups -OCH3 is 1. The lowest BCUT2D eigenvalue weighted by atomic mass is 9.99. The number of carbonyl (C=O) groups is 2. The number of hydrogen-bond donors (Lipinski definition) is 4. The highest BCUT2D eigenvalue weighted by Crippen LogP contribution is 2.27. The average Bonchev–Trinajstić information content (AvgIpc) is 2.79. The number of ether oxygens (including phenoxy) is 1. The number of carbonyl (C=O) groups excluding carboxylic acids is 2. The van der Waals surface area contributed by atoms with Gasteiger partial charge in [0.25, 0.3) is 5.91 Å². The highest BCUT2D eigenvalue weighted by molar-refractivity contribution is 6.17. The van der Waals surface area contributed by atoms with Gasteiger partial charge in [0.2, 0.25) is 0 Å². The Hall–Kier alpha value is -4.33. The van der Waals surface area contributed by atoms with Crippen molar-refractivity contribution >= 4 is 28.9 Å². The van der Waals surface area contributed by atoms with E-state index in [0.29, 0.717) is 22.4 Å². The number of nitrogen functional groups attached to an aromatic ring is 1. The second-order valence-electron chi connectivity index (χ2n) is 6.34. The van der Waals surface area contributed by atoms with E-state index in [0.717, 1.165) is 0 Å². The summed E-state index contributed by atoms with van der Waals surface area (Å²) in [4.78, 5) is 25.7. The number of nitrogens with one attached hydrogen (secondary N) is 1. The highest BCUT2D eigenvalue weighted by atomic mass is 16.5. The SMILES string of the molecule is COc1ccc(C(=O)Nc2c(N)cccc2C(=O)c2ccc(/C(N)=N\O)cc2)cc1. The Morgan fingerprint density at radius 2 is 1.53 bits per heavy atom. The number of anilines is 2. The smallest absolute Gasteiger partial charge is 0.255 e. The number of ketones is 1. The van der Waals surface area contributed by atoms with E-state index in [1.165, 1.54) is 7.11 Å². The molecule has 0 saturated heterocycles. The van der Waals surface area contributed by atoms with Crippen molar-refractivity contribution in [3.63, 3.8) is 0 Å². The van der Waals surface area contributed by atoms with Crippen LogP contribution in [-0.2, 0) is 0 Å². The fourth-order valence-electron chi connectivity index (χ4n) is 2.83. The summed E-state index contributed by atoms with van der Waals surface area (Å²) in [6.45, 7) is 0. The van der Waals surface area contributed by atoms with Gasteiger partial charge in [-0.3, -0.25) is 9.59 Å². The molecule has 3 aromatic carbocycles. The summed E-state index contributed by atoms with van der Waals surface area (Å²) in [5.41, 5.74) is 13.5. The molecule has 6 N–H and O–H groups in total. The lowest BCUT2D eigenvalue weighted by Crippen LogP contribution is -2.17. The van der Waals surface area contributed by atoms with Crippen LogP contribution < -0.4 is 21.5 Å². The van der Waals surface area contributed by atoms with Crippen molar-refractivity contribution in [3.8, 4) is 5.75 Å². The predicted molar refractivity (Wildman–Crippen MR) is 114 cm³/mol. The van der Waals surface area contributed by atoms with Crippen molar-refractivity contribution in [2.45, 2.75) is 0 Å². The number of benzene rings is 3. The molecule has 0 radical (unpaired) electrons. The number of nitrogens with zero attached hydrogens (tertiary/aromatic N) is 1. The molecule has 8 heteroatoms. The zero-order valence-corrected chi connectivity index (χ0v) is 16.1. The summed E-state index contributed by atoms with van der Waals surface area (Å²) >= 11 is 0. The molecule has 0 aliphatic heterocycles. The van der Waals surface area contributed by atoms with Crippen molar-refractivity contribution in [3.05, 3.63) is 89.0 Å². The van der Waals surface area contributed by atoms with Gasteiger partial charge >= 0.3 is 0 Å². The van der Waals surface area contributed by atoms with Crippen molar-refractivity contribution < 1.29 is 19.5 Å². The normalized spacial score (nSPS) is 11.0. The summed E-state index contributed by atoms with van der Waals surface area (Å²) in [6, 6.07) is 17.6. The lowest BCUT2D eigenvalue weighted by Gasteiger charge is -2.13. The molecule has 0 atom stereocenters. The molecule has 30 heavy (non-hydrogen) atoms. The van der Waals surface area contributed by atoms with Crippen LogP contribution in [-0.4, -0.2) is 29.8 Å². The maximum Gasteiger partial charge on any atom is 0.255 e. The van der Waals surface area contributed by atoms with Crippen molar-refractivity contribution in [2.75, 3.05) is 18.2 Å². The largest absolute Gasteiger partial charge is 0.497 e. The Balaban J connectivity index is 1.90. The van der Waals surface area contributed by atoms with E-state index in [1.807, 2.05) is 0 Å². The molecule has 0 fully saturated rings. The van der Waals surface area contributed by atoms with E-state index in [4.69, 9.17) is 21.4 Å². The van der Waals surface area contributed by atoms with Gasteiger partial charge in [0.05, 0.1) is 18.5 Å². The molecular formula is C22H20N4O4. The van der Waals surface area contributed by atoms with Gasteiger partial charge in [-0.1, -0.05) is 35.5 Å². The quantitative estimate of drug-likeness (QED) is 0.124. The molecule has 0 saturated carbocycles. The topological polar surface area (TPSA) is 140 Å². The first-order valence-electron chi connectivity index (χ1n) is 8.91. The van der Waals surface area contributed by atoms with Crippen LogP contribution >= 0.6 is 0 Å². The number of oxime groups is 1. The molecule has 3 rings (SSSR count). The molecule has 0 bridgehead atoms. The molecule has 0 aliphatic carbocycles. The third-order valence-electron chi connectivity index (χ3n) is 4.48. The molecule has 0 aromatic heterocycles. The number of rotatable bonds is 6. The van der Waals surface area contributed by atoms with Crippen LogP contribution in [0.25, 0.3) is 0 Å². The number of amides is 1. The van der Waals surface area contributed by atoms with E-state index in [1.54, 1.807) is 66.7 Å².